The van der Waals surface area contributed by atoms with E-state index in [1.165, 1.54) is 0 Å². The highest BCUT2D eigenvalue weighted by Crippen LogP contribution is 2.47. The van der Waals surface area contributed by atoms with Crippen molar-refractivity contribution in [1.82, 2.24) is 4.98 Å². The molecule has 0 bridgehead atoms. The Hall–Kier alpha value is -2.66. The van der Waals surface area contributed by atoms with Crippen LogP contribution in [0.4, 0.5) is 5.82 Å². The summed E-state index contributed by atoms with van der Waals surface area (Å²) in [5, 5.41) is 0.603. The third-order valence-corrected chi connectivity index (χ3v) is 6.34. The number of benzene rings is 1. The second-order valence-electron chi connectivity index (χ2n) is 7.98. The van der Waals surface area contributed by atoms with Gasteiger partial charge in [-0.25, -0.2) is 4.98 Å². The molecule has 3 aliphatic rings. The first-order chi connectivity index (χ1) is 14.0. The highest BCUT2D eigenvalue weighted by atomic mass is 35.5. The van der Waals surface area contributed by atoms with Crippen LogP contribution in [0.2, 0.25) is 5.02 Å². The third-order valence-electron chi connectivity index (χ3n) is 6.09. The lowest BCUT2D eigenvalue weighted by atomic mass is 9.77. The molecule has 3 atom stereocenters. The van der Waals surface area contributed by atoms with Gasteiger partial charge >= 0.3 is 0 Å². The summed E-state index contributed by atoms with van der Waals surface area (Å²) < 4.78 is 6.16. The molecule has 1 saturated carbocycles. The number of carbonyl (C=O) groups is 2. The predicted molar refractivity (Wildman–Crippen MR) is 110 cm³/mol. The number of hydrogen-bond acceptors (Lipinski definition) is 4. The maximum Gasteiger partial charge on any atom is 0.295 e. The Labute approximate surface area is 174 Å². The van der Waals surface area contributed by atoms with Crippen LogP contribution in [0.15, 0.2) is 53.9 Å². The topological polar surface area (TPSA) is 59.5 Å². The Bertz CT molecular complexity index is 1010. The average Bonchev–Trinajstić information content (AvgIpc) is 3.02. The number of nitrogens with zero attached hydrogens (tertiary/aromatic N) is 2. The molecule has 29 heavy (non-hydrogen) atoms. The van der Waals surface area contributed by atoms with E-state index in [1.807, 2.05) is 31.2 Å². The summed E-state index contributed by atoms with van der Waals surface area (Å²) in [6.07, 6.45) is 5.19. The van der Waals surface area contributed by atoms with E-state index in [0.717, 1.165) is 36.8 Å². The van der Waals surface area contributed by atoms with Gasteiger partial charge in [-0.1, -0.05) is 36.2 Å². The second-order valence-corrected chi connectivity index (χ2v) is 8.41. The number of hydrogen-bond donors (Lipinski definition) is 0. The van der Waals surface area contributed by atoms with E-state index in [4.69, 9.17) is 16.3 Å². The van der Waals surface area contributed by atoms with Crippen LogP contribution in [0.3, 0.4) is 0 Å². The fourth-order valence-electron chi connectivity index (χ4n) is 4.64. The molecule has 1 aliphatic carbocycles. The fourth-order valence-corrected chi connectivity index (χ4v) is 4.77. The summed E-state index contributed by atoms with van der Waals surface area (Å²) in [4.78, 5) is 33.0. The van der Waals surface area contributed by atoms with Crippen molar-refractivity contribution in [2.75, 3.05) is 4.90 Å². The zero-order valence-electron chi connectivity index (χ0n) is 16.1. The third kappa shape index (κ3) is 2.96. The molecule has 1 aromatic carbocycles. The molecule has 1 amide bonds. The summed E-state index contributed by atoms with van der Waals surface area (Å²) in [5.74, 6) is 0.276. The highest BCUT2D eigenvalue weighted by molar-refractivity contribution is 6.30. The average molecular weight is 409 g/mol. The van der Waals surface area contributed by atoms with E-state index < -0.39 is 6.04 Å². The van der Waals surface area contributed by atoms with E-state index in [1.54, 1.807) is 23.2 Å². The summed E-state index contributed by atoms with van der Waals surface area (Å²) in [6, 6.07) is 10.4. The summed E-state index contributed by atoms with van der Waals surface area (Å²) in [5.41, 5.74) is 2.28. The summed E-state index contributed by atoms with van der Waals surface area (Å²) >= 11 is 6.08. The highest BCUT2D eigenvalue weighted by Gasteiger charge is 2.52. The number of fused-ring (bicyclic) bond motifs is 1. The lowest BCUT2D eigenvalue weighted by Crippen LogP contribution is -2.39. The molecule has 2 aromatic rings. The zero-order valence-corrected chi connectivity index (χ0v) is 16.9. The van der Waals surface area contributed by atoms with Crippen molar-refractivity contribution in [1.29, 1.82) is 0 Å². The van der Waals surface area contributed by atoms with Gasteiger partial charge in [0, 0.05) is 11.2 Å². The second kappa shape index (κ2) is 6.99. The summed E-state index contributed by atoms with van der Waals surface area (Å²) in [7, 11) is 0. The number of Topliss-reactive ketones (excluding diaryl/α,β-unsaturated/α-hetero) is 1. The Morgan fingerprint density at radius 1 is 1.07 bits per heavy atom. The molecule has 2 aliphatic heterocycles. The van der Waals surface area contributed by atoms with E-state index in [9.17, 15) is 9.59 Å². The lowest BCUT2D eigenvalue weighted by Gasteiger charge is -2.35. The first-order valence-corrected chi connectivity index (χ1v) is 10.4. The van der Waals surface area contributed by atoms with E-state index >= 15 is 0 Å². The van der Waals surface area contributed by atoms with Gasteiger partial charge in [0.2, 0.25) is 0 Å². The number of pyridine rings is 1. The number of ether oxygens (including phenoxy) is 1. The number of carbonyl (C=O) groups excluding carboxylic acids is 2. The minimum atomic E-state index is -0.555. The molecule has 6 heteroatoms. The van der Waals surface area contributed by atoms with Crippen molar-refractivity contribution >= 4 is 29.1 Å². The molecular weight excluding hydrogens is 388 g/mol. The van der Waals surface area contributed by atoms with Crippen LogP contribution in [-0.2, 0) is 14.3 Å². The normalized spacial score (nSPS) is 26.3. The number of aryl methyl sites for hydroxylation is 1. The first-order valence-electron chi connectivity index (χ1n) is 10.0. The van der Waals surface area contributed by atoms with Crippen LogP contribution >= 0.6 is 11.6 Å². The van der Waals surface area contributed by atoms with Crippen LogP contribution in [-0.4, -0.2) is 22.8 Å². The van der Waals surface area contributed by atoms with Crippen LogP contribution < -0.4 is 4.90 Å². The Morgan fingerprint density at radius 2 is 1.83 bits per heavy atom. The van der Waals surface area contributed by atoms with Crippen molar-refractivity contribution < 1.29 is 14.3 Å². The number of halogens is 1. The van der Waals surface area contributed by atoms with Gasteiger partial charge in [0.15, 0.2) is 11.5 Å². The molecule has 3 heterocycles. The van der Waals surface area contributed by atoms with Gasteiger partial charge in [-0.3, -0.25) is 14.5 Å². The molecule has 1 aromatic heterocycles. The smallest absolute Gasteiger partial charge is 0.295 e. The Morgan fingerprint density at radius 3 is 2.55 bits per heavy atom. The van der Waals surface area contributed by atoms with Crippen molar-refractivity contribution in [3.63, 3.8) is 0 Å². The zero-order chi connectivity index (χ0) is 20.1. The molecule has 5 rings (SSSR count). The van der Waals surface area contributed by atoms with Gasteiger partial charge in [-0.2, -0.15) is 0 Å². The SMILES string of the molecule is Cc1ccc(N2C(=O)C3=C(C(=O)C4CCCCC4O3)C2c2ccc(Cl)cc2)nc1. The molecule has 0 spiro atoms. The first kappa shape index (κ1) is 18.4. The maximum atomic E-state index is 13.5. The molecule has 3 unspecified atom stereocenters. The monoisotopic (exact) mass is 408 g/mol. The van der Waals surface area contributed by atoms with Crippen molar-refractivity contribution in [3.05, 3.63) is 70.1 Å². The van der Waals surface area contributed by atoms with Gasteiger partial charge in [-0.15, -0.1) is 0 Å². The largest absolute Gasteiger partial charge is 0.483 e. The maximum absolute atomic E-state index is 13.5. The Balaban J connectivity index is 1.65. The van der Waals surface area contributed by atoms with Crippen LogP contribution in [0.25, 0.3) is 0 Å². The quantitative estimate of drug-likeness (QED) is 0.731. The van der Waals surface area contributed by atoms with Crippen LogP contribution in [0.1, 0.15) is 42.9 Å². The van der Waals surface area contributed by atoms with E-state index in [0.29, 0.717) is 16.4 Å². The number of anilines is 1. The molecular formula is C23H21ClN2O3. The van der Waals surface area contributed by atoms with E-state index in [2.05, 4.69) is 4.98 Å². The molecule has 0 radical (unpaired) electrons. The standard InChI is InChI=1S/C23H21ClN2O3/c1-13-6-11-18(25-12-13)26-20(14-7-9-15(24)10-8-14)19-21(27)16-4-2-3-5-17(16)29-22(19)23(26)28/h6-12,16-17,20H,2-5H2,1H3. The molecule has 0 saturated heterocycles. The van der Waals surface area contributed by atoms with Gasteiger partial charge in [0.25, 0.3) is 5.91 Å². The van der Waals surface area contributed by atoms with Crippen molar-refractivity contribution in [3.8, 4) is 0 Å². The summed E-state index contributed by atoms with van der Waals surface area (Å²) in [6.45, 7) is 1.94. The molecule has 5 nitrogen and oxygen atoms in total. The van der Waals surface area contributed by atoms with Crippen LogP contribution in [0.5, 0.6) is 0 Å². The minimum absolute atomic E-state index is 0.0406. The number of aromatic nitrogens is 1. The van der Waals surface area contributed by atoms with Gasteiger partial charge in [-0.05, 0) is 55.5 Å². The van der Waals surface area contributed by atoms with Crippen molar-refractivity contribution in [2.24, 2.45) is 5.92 Å². The predicted octanol–water partition coefficient (Wildman–Crippen LogP) is 4.54. The number of rotatable bonds is 2. The molecule has 148 valence electrons. The van der Waals surface area contributed by atoms with Crippen molar-refractivity contribution in [2.45, 2.75) is 44.8 Å². The number of ketones is 1. The van der Waals surface area contributed by atoms with Crippen LogP contribution in [0, 0.1) is 12.8 Å². The molecule has 0 N–H and O–H groups in total. The van der Waals surface area contributed by atoms with E-state index in [-0.39, 0.29) is 29.5 Å². The minimum Gasteiger partial charge on any atom is -0.483 e. The fraction of sp³-hybridized carbons (Fsp3) is 0.348. The number of amides is 1. The van der Waals surface area contributed by atoms with Gasteiger partial charge in [0.1, 0.15) is 11.9 Å². The molecule has 1 fully saturated rings. The Kier molecular flexibility index (Phi) is 4.43. The lowest BCUT2D eigenvalue weighted by molar-refractivity contribution is -0.131. The van der Waals surface area contributed by atoms with Gasteiger partial charge in [0.05, 0.1) is 17.5 Å². The van der Waals surface area contributed by atoms with Gasteiger partial charge < -0.3 is 4.74 Å².